The van der Waals surface area contributed by atoms with E-state index >= 15 is 0 Å². The molecule has 21 heavy (non-hydrogen) atoms. The average molecular weight is 303 g/mol. The third kappa shape index (κ3) is 5.04. The molecule has 0 amide bonds. The van der Waals surface area contributed by atoms with E-state index in [0.29, 0.717) is 10.6 Å². The van der Waals surface area contributed by atoms with Crippen LogP contribution in [-0.2, 0) is 16.1 Å². The molecule has 0 saturated carbocycles. The van der Waals surface area contributed by atoms with Gasteiger partial charge in [-0.3, -0.25) is 9.59 Å². The van der Waals surface area contributed by atoms with E-state index in [2.05, 4.69) is 0 Å². The summed E-state index contributed by atoms with van der Waals surface area (Å²) in [5.41, 5.74) is 1.48. The Labute approximate surface area is 128 Å². The lowest BCUT2D eigenvalue weighted by Gasteiger charge is -2.05. The number of hydrogen-bond acceptors (Lipinski definition) is 3. The van der Waals surface area contributed by atoms with Crippen molar-refractivity contribution < 1.29 is 14.3 Å². The average Bonchev–Trinajstić information content (AvgIpc) is 2.52. The maximum absolute atomic E-state index is 11.9. The Balaban J connectivity index is 1.76. The van der Waals surface area contributed by atoms with Crippen LogP contribution in [0.3, 0.4) is 0 Å². The number of ketones is 1. The van der Waals surface area contributed by atoms with Crippen LogP contribution in [0.15, 0.2) is 54.6 Å². The van der Waals surface area contributed by atoms with E-state index < -0.39 is 0 Å². The molecular weight excluding hydrogens is 288 g/mol. The van der Waals surface area contributed by atoms with Crippen molar-refractivity contribution in [2.75, 3.05) is 0 Å². The van der Waals surface area contributed by atoms with Gasteiger partial charge in [-0.05, 0) is 29.8 Å². The van der Waals surface area contributed by atoms with Crippen LogP contribution in [0.5, 0.6) is 0 Å². The van der Waals surface area contributed by atoms with Gasteiger partial charge in [-0.15, -0.1) is 0 Å². The molecule has 3 nitrogen and oxygen atoms in total. The number of hydrogen-bond donors (Lipinski definition) is 0. The maximum atomic E-state index is 11.9. The molecule has 0 aliphatic heterocycles. The lowest BCUT2D eigenvalue weighted by Crippen LogP contribution is -2.08. The number of ether oxygens (including phenoxy) is 1. The quantitative estimate of drug-likeness (QED) is 0.597. The van der Waals surface area contributed by atoms with Crippen molar-refractivity contribution in [2.24, 2.45) is 0 Å². The number of rotatable bonds is 6. The van der Waals surface area contributed by atoms with Gasteiger partial charge in [-0.1, -0.05) is 41.9 Å². The summed E-state index contributed by atoms with van der Waals surface area (Å²) in [5, 5.41) is 0.578. The number of benzene rings is 2. The molecule has 108 valence electrons. The van der Waals surface area contributed by atoms with E-state index in [1.807, 2.05) is 30.3 Å². The maximum Gasteiger partial charge on any atom is 0.306 e. The Kier molecular flexibility index (Phi) is 5.52. The molecule has 2 aromatic rings. The minimum absolute atomic E-state index is 0.0777. The fourth-order valence-electron chi connectivity index (χ4n) is 1.81. The van der Waals surface area contributed by atoms with Crippen LogP contribution in [0, 0.1) is 0 Å². The molecule has 0 heterocycles. The first-order valence-electron chi connectivity index (χ1n) is 6.63. The van der Waals surface area contributed by atoms with Crippen molar-refractivity contribution >= 4 is 23.4 Å². The van der Waals surface area contributed by atoms with Gasteiger partial charge in [0.05, 0.1) is 6.42 Å². The van der Waals surface area contributed by atoms with E-state index in [1.54, 1.807) is 24.3 Å². The van der Waals surface area contributed by atoms with E-state index in [9.17, 15) is 9.59 Å². The predicted molar refractivity (Wildman–Crippen MR) is 81.3 cm³/mol. The Bertz CT molecular complexity index is 606. The molecule has 0 radical (unpaired) electrons. The third-order valence-corrected chi connectivity index (χ3v) is 3.22. The summed E-state index contributed by atoms with van der Waals surface area (Å²) in [7, 11) is 0. The summed E-state index contributed by atoms with van der Waals surface area (Å²) in [4.78, 5) is 23.5. The van der Waals surface area contributed by atoms with E-state index in [-0.39, 0.29) is 31.2 Å². The lowest BCUT2D eigenvalue weighted by molar-refractivity contribution is -0.144. The van der Waals surface area contributed by atoms with Crippen LogP contribution < -0.4 is 0 Å². The Morgan fingerprint density at radius 1 is 0.905 bits per heavy atom. The fraction of sp³-hybridized carbons (Fsp3) is 0.176. The van der Waals surface area contributed by atoms with Crippen LogP contribution >= 0.6 is 11.6 Å². The zero-order chi connectivity index (χ0) is 15.1. The van der Waals surface area contributed by atoms with Gasteiger partial charge in [-0.25, -0.2) is 0 Å². The van der Waals surface area contributed by atoms with Gasteiger partial charge < -0.3 is 4.74 Å². The molecule has 0 aliphatic carbocycles. The molecule has 0 spiro atoms. The molecule has 0 saturated heterocycles. The minimum atomic E-state index is -0.374. The highest BCUT2D eigenvalue weighted by Gasteiger charge is 2.10. The summed E-state index contributed by atoms with van der Waals surface area (Å²) in [6, 6.07) is 16.0. The van der Waals surface area contributed by atoms with Gasteiger partial charge in [0.1, 0.15) is 6.61 Å². The largest absolute Gasteiger partial charge is 0.461 e. The van der Waals surface area contributed by atoms with Gasteiger partial charge in [0.15, 0.2) is 5.78 Å². The van der Waals surface area contributed by atoms with Crippen molar-refractivity contribution in [3.05, 3.63) is 70.7 Å². The van der Waals surface area contributed by atoms with Crippen molar-refractivity contribution in [3.63, 3.8) is 0 Å². The number of carbonyl (C=O) groups is 2. The standard InChI is InChI=1S/C17H15ClO3/c18-15-8-6-14(7-9-15)16(19)10-11-17(20)21-12-13-4-2-1-3-5-13/h1-9H,10-12H2. The Hall–Kier alpha value is -2.13. The highest BCUT2D eigenvalue weighted by Crippen LogP contribution is 2.12. The monoisotopic (exact) mass is 302 g/mol. The third-order valence-electron chi connectivity index (χ3n) is 2.97. The van der Waals surface area contributed by atoms with Crippen molar-refractivity contribution in [3.8, 4) is 0 Å². The summed E-state index contributed by atoms with van der Waals surface area (Å²) < 4.78 is 5.12. The fourth-order valence-corrected chi connectivity index (χ4v) is 1.93. The highest BCUT2D eigenvalue weighted by molar-refractivity contribution is 6.30. The van der Waals surface area contributed by atoms with Crippen LogP contribution in [0.25, 0.3) is 0 Å². The van der Waals surface area contributed by atoms with Crippen LogP contribution in [-0.4, -0.2) is 11.8 Å². The Morgan fingerprint density at radius 3 is 2.24 bits per heavy atom. The molecule has 0 aromatic heterocycles. The van der Waals surface area contributed by atoms with E-state index in [0.717, 1.165) is 5.56 Å². The minimum Gasteiger partial charge on any atom is -0.461 e. The van der Waals surface area contributed by atoms with Gasteiger partial charge in [0.25, 0.3) is 0 Å². The molecule has 0 atom stereocenters. The van der Waals surface area contributed by atoms with Gasteiger partial charge in [0.2, 0.25) is 0 Å². The van der Waals surface area contributed by atoms with E-state index in [4.69, 9.17) is 16.3 Å². The summed E-state index contributed by atoms with van der Waals surface area (Å²) >= 11 is 5.76. The lowest BCUT2D eigenvalue weighted by atomic mass is 10.1. The van der Waals surface area contributed by atoms with Gasteiger partial charge in [-0.2, -0.15) is 0 Å². The van der Waals surface area contributed by atoms with Crippen molar-refractivity contribution in [1.29, 1.82) is 0 Å². The molecule has 4 heteroatoms. The highest BCUT2D eigenvalue weighted by atomic mass is 35.5. The van der Waals surface area contributed by atoms with E-state index in [1.165, 1.54) is 0 Å². The number of Topliss-reactive ketones (excluding diaryl/α,β-unsaturated/α-hetero) is 1. The molecule has 0 N–H and O–H groups in total. The second-order valence-corrected chi connectivity index (χ2v) is 5.01. The number of halogens is 1. The summed E-state index contributed by atoms with van der Waals surface area (Å²) in [6.07, 6.45) is 0.212. The first kappa shape index (κ1) is 15.3. The normalized spacial score (nSPS) is 10.1. The topological polar surface area (TPSA) is 43.4 Å². The smallest absolute Gasteiger partial charge is 0.306 e. The molecule has 0 aliphatic rings. The summed E-state index contributed by atoms with van der Waals surface area (Å²) in [6.45, 7) is 0.231. The molecule has 2 rings (SSSR count). The molecule has 0 bridgehead atoms. The molecule has 2 aromatic carbocycles. The number of esters is 1. The van der Waals surface area contributed by atoms with Crippen molar-refractivity contribution in [2.45, 2.75) is 19.4 Å². The molecule has 0 fully saturated rings. The van der Waals surface area contributed by atoms with Crippen LogP contribution in [0.1, 0.15) is 28.8 Å². The molecular formula is C17H15ClO3. The summed E-state index contributed by atoms with van der Waals surface area (Å²) in [5.74, 6) is -0.468. The zero-order valence-corrected chi connectivity index (χ0v) is 12.2. The van der Waals surface area contributed by atoms with Crippen LogP contribution in [0.4, 0.5) is 0 Å². The number of carbonyl (C=O) groups excluding carboxylic acids is 2. The van der Waals surface area contributed by atoms with Crippen molar-refractivity contribution in [1.82, 2.24) is 0 Å². The Morgan fingerprint density at radius 2 is 1.57 bits per heavy atom. The molecule has 0 unspecified atom stereocenters. The van der Waals surface area contributed by atoms with Gasteiger partial charge in [0, 0.05) is 17.0 Å². The second-order valence-electron chi connectivity index (χ2n) is 4.58. The first-order valence-corrected chi connectivity index (χ1v) is 7.01. The first-order chi connectivity index (χ1) is 10.1. The van der Waals surface area contributed by atoms with Gasteiger partial charge >= 0.3 is 5.97 Å². The SMILES string of the molecule is O=C(CCC(=O)c1ccc(Cl)cc1)OCc1ccccc1. The zero-order valence-electron chi connectivity index (χ0n) is 11.4. The second kappa shape index (κ2) is 7.60. The van der Waals surface area contributed by atoms with Crippen LogP contribution in [0.2, 0.25) is 5.02 Å². The predicted octanol–water partition coefficient (Wildman–Crippen LogP) is 4.05.